The number of nitrogen functional groups attached to an aromatic ring is 1. The average molecular weight is 204 g/mol. The van der Waals surface area contributed by atoms with E-state index in [0.29, 0.717) is 0 Å². The minimum atomic E-state index is 0.815. The predicted molar refractivity (Wildman–Crippen MR) is 64.7 cm³/mol. The molecule has 1 aliphatic carbocycles. The molecule has 2 heteroatoms. The normalized spacial score (nSPS) is 15.9. The van der Waals surface area contributed by atoms with Crippen LogP contribution in [-0.4, -0.2) is 17.5 Å². The van der Waals surface area contributed by atoms with Crippen LogP contribution in [-0.2, 0) is 6.54 Å². The summed E-state index contributed by atoms with van der Waals surface area (Å²) >= 11 is 0. The summed E-state index contributed by atoms with van der Waals surface area (Å²) in [7, 11) is 0. The summed E-state index contributed by atoms with van der Waals surface area (Å²) in [5, 5.41) is 0. The average Bonchev–Trinajstić information content (AvgIpc) is 3.03. The minimum Gasteiger partial charge on any atom is -0.398 e. The molecular weight excluding hydrogens is 184 g/mol. The van der Waals surface area contributed by atoms with Crippen LogP contribution in [0.2, 0.25) is 0 Å². The number of hydrogen-bond acceptors (Lipinski definition) is 2. The van der Waals surface area contributed by atoms with Crippen molar-refractivity contribution in [3.05, 3.63) is 29.3 Å². The van der Waals surface area contributed by atoms with Crippen LogP contribution < -0.4 is 5.73 Å². The molecule has 0 unspecified atom stereocenters. The van der Waals surface area contributed by atoms with Crippen molar-refractivity contribution >= 4 is 5.69 Å². The van der Waals surface area contributed by atoms with Gasteiger partial charge in [-0.2, -0.15) is 0 Å². The molecule has 0 saturated heterocycles. The zero-order valence-corrected chi connectivity index (χ0v) is 9.66. The smallest absolute Gasteiger partial charge is 0.0359 e. The van der Waals surface area contributed by atoms with E-state index in [-0.39, 0.29) is 0 Å². The molecule has 1 aromatic rings. The number of hydrogen-bond donors (Lipinski definition) is 1. The van der Waals surface area contributed by atoms with Crippen molar-refractivity contribution < 1.29 is 0 Å². The van der Waals surface area contributed by atoms with Gasteiger partial charge in [-0.15, -0.1) is 0 Å². The molecule has 2 N–H and O–H groups in total. The molecule has 0 heterocycles. The molecule has 0 radical (unpaired) electrons. The van der Waals surface area contributed by atoms with Crippen LogP contribution in [0.1, 0.15) is 30.9 Å². The zero-order chi connectivity index (χ0) is 10.8. The first-order valence-corrected chi connectivity index (χ1v) is 5.79. The lowest BCUT2D eigenvalue weighted by molar-refractivity contribution is 0.270. The Morgan fingerprint density at radius 1 is 1.40 bits per heavy atom. The molecular formula is C13H20N2. The lowest BCUT2D eigenvalue weighted by atomic mass is 10.1. The van der Waals surface area contributed by atoms with Gasteiger partial charge in [0.25, 0.3) is 0 Å². The Bertz CT molecular complexity index is 342. The summed E-state index contributed by atoms with van der Waals surface area (Å²) in [5.74, 6) is 0. The molecule has 2 nitrogen and oxygen atoms in total. The van der Waals surface area contributed by atoms with Gasteiger partial charge in [-0.1, -0.05) is 24.6 Å². The third kappa shape index (κ3) is 2.51. The summed E-state index contributed by atoms with van der Waals surface area (Å²) in [5.41, 5.74) is 9.50. The lowest BCUT2D eigenvalue weighted by Gasteiger charge is -2.21. The minimum absolute atomic E-state index is 0.815. The molecule has 1 aromatic carbocycles. The summed E-state index contributed by atoms with van der Waals surface area (Å²) in [4.78, 5) is 2.52. The summed E-state index contributed by atoms with van der Waals surface area (Å²) in [6.45, 7) is 6.48. The van der Waals surface area contributed by atoms with Gasteiger partial charge in [0.15, 0.2) is 0 Å². The first-order valence-electron chi connectivity index (χ1n) is 5.79. The molecule has 1 aliphatic rings. The molecule has 0 amide bonds. The van der Waals surface area contributed by atoms with Crippen LogP contribution in [0.3, 0.4) is 0 Å². The van der Waals surface area contributed by atoms with E-state index in [1.165, 1.54) is 24.0 Å². The lowest BCUT2D eigenvalue weighted by Crippen LogP contribution is -2.25. The van der Waals surface area contributed by atoms with Crippen LogP contribution in [0.15, 0.2) is 18.2 Å². The zero-order valence-electron chi connectivity index (χ0n) is 9.66. The van der Waals surface area contributed by atoms with E-state index in [9.17, 15) is 0 Å². The molecule has 2 rings (SSSR count). The van der Waals surface area contributed by atoms with Crippen molar-refractivity contribution in [1.82, 2.24) is 4.90 Å². The second-order valence-corrected chi connectivity index (χ2v) is 4.50. The third-order valence-corrected chi connectivity index (χ3v) is 3.14. The largest absolute Gasteiger partial charge is 0.398 e. The number of nitrogens with zero attached hydrogens (tertiary/aromatic N) is 1. The Kier molecular flexibility index (Phi) is 2.96. The second kappa shape index (κ2) is 4.23. The van der Waals surface area contributed by atoms with Crippen molar-refractivity contribution in [3.8, 4) is 0 Å². The van der Waals surface area contributed by atoms with Crippen molar-refractivity contribution in [2.45, 2.75) is 39.3 Å². The highest BCUT2D eigenvalue weighted by atomic mass is 15.2. The van der Waals surface area contributed by atoms with E-state index >= 15 is 0 Å². The fourth-order valence-corrected chi connectivity index (χ4v) is 2.03. The number of nitrogens with two attached hydrogens (primary N) is 1. The fraction of sp³-hybridized carbons (Fsp3) is 0.538. The Hall–Kier alpha value is -1.02. The van der Waals surface area contributed by atoms with Crippen LogP contribution in [0.4, 0.5) is 5.69 Å². The first kappa shape index (κ1) is 10.5. The summed E-state index contributed by atoms with van der Waals surface area (Å²) in [6, 6.07) is 7.12. The topological polar surface area (TPSA) is 29.3 Å². The Morgan fingerprint density at radius 2 is 2.13 bits per heavy atom. The van der Waals surface area contributed by atoms with Gasteiger partial charge in [0.05, 0.1) is 0 Å². The van der Waals surface area contributed by atoms with Crippen molar-refractivity contribution in [2.75, 3.05) is 12.3 Å². The van der Waals surface area contributed by atoms with Gasteiger partial charge in [0, 0.05) is 18.3 Å². The fourth-order valence-electron chi connectivity index (χ4n) is 2.03. The molecule has 0 bridgehead atoms. The van der Waals surface area contributed by atoms with E-state index in [4.69, 9.17) is 5.73 Å². The Balaban J connectivity index is 2.11. The third-order valence-electron chi connectivity index (χ3n) is 3.14. The highest BCUT2D eigenvalue weighted by Crippen LogP contribution is 2.29. The molecule has 1 fully saturated rings. The Labute approximate surface area is 92.1 Å². The van der Waals surface area contributed by atoms with Crippen LogP contribution in [0.25, 0.3) is 0 Å². The van der Waals surface area contributed by atoms with Gasteiger partial charge in [-0.05, 0) is 37.9 Å². The summed E-state index contributed by atoms with van der Waals surface area (Å²) < 4.78 is 0. The molecule has 82 valence electrons. The van der Waals surface area contributed by atoms with Crippen LogP contribution in [0.5, 0.6) is 0 Å². The van der Waals surface area contributed by atoms with Crippen molar-refractivity contribution in [2.24, 2.45) is 0 Å². The number of rotatable bonds is 4. The Morgan fingerprint density at radius 3 is 2.73 bits per heavy atom. The molecule has 1 saturated carbocycles. The van der Waals surface area contributed by atoms with Crippen LogP contribution in [0, 0.1) is 6.92 Å². The second-order valence-electron chi connectivity index (χ2n) is 4.50. The number of anilines is 1. The summed E-state index contributed by atoms with van der Waals surface area (Å²) in [6.07, 6.45) is 2.72. The molecule has 15 heavy (non-hydrogen) atoms. The van der Waals surface area contributed by atoms with Gasteiger partial charge in [0.2, 0.25) is 0 Å². The predicted octanol–water partition coefficient (Wildman–Crippen LogP) is 2.56. The first-order chi connectivity index (χ1) is 7.20. The van der Waals surface area contributed by atoms with E-state index < -0.39 is 0 Å². The van der Waals surface area contributed by atoms with Gasteiger partial charge >= 0.3 is 0 Å². The molecule has 0 aliphatic heterocycles. The molecule has 0 atom stereocenters. The number of aryl methyl sites for hydroxylation is 1. The van der Waals surface area contributed by atoms with Gasteiger partial charge < -0.3 is 5.73 Å². The molecule has 0 aromatic heterocycles. The van der Waals surface area contributed by atoms with Crippen LogP contribution >= 0.6 is 0 Å². The maximum absolute atomic E-state index is 5.99. The van der Waals surface area contributed by atoms with E-state index in [2.05, 4.69) is 30.9 Å². The van der Waals surface area contributed by atoms with Crippen molar-refractivity contribution in [3.63, 3.8) is 0 Å². The highest BCUT2D eigenvalue weighted by molar-refractivity contribution is 5.48. The quantitative estimate of drug-likeness (QED) is 0.764. The molecule has 0 spiro atoms. The standard InChI is InChI=1S/C13H20N2/c1-3-15(12-5-6-12)9-11-8-10(2)4-7-13(11)14/h4,7-8,12H,3,5-6,9,14H2,1-2H3. The van der Waals surface area contributed by atoms with Gasteiger partial charge in [-0.25, -0.2) is 0 Å². The number of benzene rings is 1. The van der Waals surface area contributed by atoms with E-state index in [0.717, 1.165) is 24.8 Å². The van der Waals surface area contributed by atoms with E-state index in [1.807, 2.05) is 6.07 Å². The maximum atomic E-state index is 5.99. The highest BCUT2D eigenvalue weighted by Gasteiger charge is 2.27. The van der Waals surface area contributed by atoms with Gasteiger partial charge in [0.1, 0.15) is 0 Å². The van der Waals surface area contributed by atoms with E-state index in [1.54, 1.807) is 0 Å². The monoisotopic (exact) mass is 204 g/mol. The maximum Gasteiger partial charge on any atom is 0.0359 e. The SMILES string of the molecule is CCN(Cc1cc(C)ccc1N)C1CC1. The van der Waals surface area contributed by atoms with Gasteiger partial charge in [-0.3, -0.25) is 4.90 Å². The van der Waals surface area contributed by atoms with Crippen molar-refractivity contribution in [1.29, 1.82) is 0 Å².